The molecule has 0 amide bonds. The van der Waals surface area contributed by atoms with E-state index < -0.39 is 0 Å². The molecule has 5 heteroatoms. The van der Waals surface area contributed by atoms with Gasteiger partial charge in [0.1, 0.15) is 22.5 Å². The first-order valence-electron chi connectivity index (χ1n) is 7.01. The molecule has 118 valence electrons. The number of benzene rings is 2. The summed E-state index contributed by atoms with van der Waals surface area (Å²) < 4.78 is 21.6. The van der Waals surface area contributed by atoms with Gasteiger partial charge in [0.25, 0.3) is 0 Å². The average Bonchev–Trinajstić information content (AvgIpc) is 2.60. The number of hydrogen-bond donors (Lipinski definition) is 0. The Morgan fingerprint density at radius 2 is 1.57 bits per heavy atom. The molecule has 23 heavy (non-hydrogen) atoms. The number of fused-ring (bicyclic) bond motifs is 1. The van der Waals surface area contributed by atoms with Crippen LogP contribution in [0.3, 0.4) is 0 Å². The van der Waals surface area contributed by atoms with Crippen LogP contribution in [0.5, 0.6) is 17.2 Å². The van der Waals surface area contributed by atoms with Crippen LogP contribution in [-0.4, -0.2) is 21.3 Å². The first-order chi connectivity index (χ1) is 11.2. The van der Waals surface area contributed by atoms with Gasteiger partial charge in [0, 0.05) is 11.6 Å². The lowest BCUT2D eigenvalue weighted by Gasteiger charge is -2.10. The molecule has 0 aliphatic rings. The van der Waals surface area contributed by atoms with E-state index in [1.807, 2.05) is 6.07 Å². The fraction of sp³-hybridized carbons (Fsp3) is 0.167. The second-order valence-electron chi connectivity index (χ2n) is 4.88. The van der Waals surface area contributed by atoms with E-state index in [0.29, 0.717) is 34.0 Å². The molecule has 0 unspecified atom stereocenters. The lowest BCUT2D eigenvalue weighted by Crippen LogP contribution is -2.02. The van der Waals surface area contributed by atoms with E-state index in [0.717, 1.165) is 5.56 Å². The van der Waals surface area contributed by atoms with Crippen molar-refractivity contribution in [1.29, 1.82) is 0 Å². The molecule has 0 radical (unpaired) electrons. The summed E-state index contributed by atoms with van der Waals surface area (Å²) in [6.07, 6.45) is 0. The summed E-state index contributed by atoms with van der Waals surface area (Å²) in [5, 5.41) is 0.430. The zero-order valence-corrected chi connectivity index (χ0v) is 13.1. The van der Waals surface area contributed by atoms with Crippen LogP contribution in [0.1, 0.15) is 0 Å². The van der Waals surface area contributed by atoms with Crippen LogP contribution in [0.15, 0.2) is 51.7 Å². The molecule has 0 N–H and O–H groups in total. The molecule has 1 heterocycles. The molecule has 0 saturated carbocycles. The Morgan fingerprint density at radius 1 is 0.826 bits per heavy atom. The third-order valence-electron chi connectivity index (χ3n) is 3.60. The first kappa shape index (κ1) is 15.0. The predicted molar refractivity (Wildman–Crippen MR) is 87.6 cm³/mol. The van der Waals surface area contributed by atoms with Gasteiger partial charge in [0.05, 0.1) is 21.3 Å². The van der Waals surface area contributed by atoms with Crippen LogP contribution in [-0.2, 0) is 0 Å². The highest BCUT2D eigenvalue weighted by Crippen LogP contribution is 2.33. The van der Waals surface area contributed by atoms with Gasteiger partial charge in [0.2, 0.25) is 0 Å². The molecule has 5 nitrogen and oxygen atoms in total. The van der Waals surface area contributed by atoms with E-state index in [9.17, 15) is 4.79 Å². The largest absolute Gasteiger partial charge is 0.496 e. The molecule has 1 aromatic heterocycles. The van der Waals surface area contributed by atoms with Crippen molar-refractivity contribution in [2.75, 3.05) is 21.3 Å². The monoisotopic (exact) mass is 312 g/mol. The Balaban J connectivity index is 2.20. The SMILES string of the molecule is COc1ccc(-c2cc(=O)c3c(OC)cccc3o2)cc1OC. The Bertz CT molecular complexity index is 911. The van der Waals surface area contributed by atoms with Crippen molar-refractivity contribution >= 4 is 11.0 Å². The quantitative estimate of drug-likeness (QED) is 0.738. The van der Waals surface area contributed by atoms with E-state index in [-0.39, 0.29) is 5.43 Å². The molecule has 0 aliphatic heterocycles. The van der Waals surface area contributed by atoms with Crippen LogP contribution in [0.4, 0.5) is 0 Å². The zero-order valence-electron chi connectivity index (χ0n) is 13.1. The summed E-state index contributed by atoms with van der Waals surface area (Å²) in [4.78, 5) is 12.4. The first-order valence-corrected chi connectivity index (χ1v) is 7.01. The summed E-state index contributed by atoms with van der Waals surface area (Å²) in [6.45, 7) is 0. The van der Waals surface area contributed by atoms with E-state index in [1.54, 1.807) is 44.6 Å². The van der Waals surface area contributed by atoms with Crippen molar-refractivity contribution in [3.05, 3.63) is 52.7 Å². The van der Waals surface area contributed by atoms with Crippen LogP contribution in [0.25, 0.3) is 22.3 Å². The highest BCUT2D eigenvalue weighted by molar-refractivity contribution is 5.84. The topological polar surface area (TPSA) is 57.9 Å². The summed E-state index contributed by atoms with van der Waals surface area (Å²) >= 11 is 0. The molecule has 0 saturated heterocycles. The summed E-state index contributed by atoms with van der Waals surface area (Å²) in [6, 6.07) is 12.0. The molecule has 3 aromatic rings. The summed E-state index contributed by atoms with van der Waals surface area (Å²) in [5.74, 6) is 2.13. The second kappa shape index (κ2) is 6.04. The normalized spacial score (nSPS) is 10.6. The molecule has 0 aliphatic carbocycles. The second-order valence-corrected chi connectivity index (χ2v) is 4.88. The molecular formula is C18H16O5. The van der Waals surface area contributed by atoms with Crippen molar-refractivity contribution in [1.82, 2.24) is 0 Å². The van der Waals surface area contributed by atoms with E-state index in [2.05, 4.69) is 0 Å². The van der Waals surface area contributed by atoms with Crippen molar-refractivity contribution in [2.24, 2.45) is 0 Å². The molecule has 0 bridgehead atoms. The number of methoxy groups -OCH3 is 3. The lowest BCUT2D eigenvalue weighted by molar-refractivity contribution is 0.355. The van der Waals surface area contributed by atoms with Crippen LogP contribution < -0.4 is 19.6 Å². The molecular weight excluding hydrogens is 296 g/mol. The average molecular weight is 312 g/mol. The number of rotatable bonds is 4. The van der Waals surface area contributed by atoms with Gasteiger partial charge in [-0.1, -0.05) is 6.07 Å². The maximum atomic E-state index is 12.4. The van der Waals surface area contributed by atoms with Gasteiger partial charge in [-0.3, -0.25) is 4.79 Å². The fourth-order valence-corrected chi connectivity index (χ4v) is 2.48. The Labute approximate surface area is 133 Å². The van der Waals surface area contributed by atoms with E-state index in [4.69, 9.17) is 18.6 Å². The third kappa shape index (κ3) is 2.61. The standard InChI is InChI=1S/C18H16O5/c1-20-13-8-7-11(9-17(13)22-3)16-10-12(19)18-14(21-2)5-4-6-15(18)23-16/h4-10H,1-3H3. The van der Waals surface area contributed by atoms with Crippen molar-refractivity contribution in [3.63, 3.8) is 0 Å². The minimum Gasteiger partial charge on any atom is -0.496 e. The summed E-state index contributed by atoms with van der Waals surface area (Å²) in [5.41, 5.74) is 1.04. The molecule has 2 aromatic carbocycles. The third-order valence-corrected chi connectivity index (χ3v) is 3.60. The van der Waals surface area contributed by atoms with Crippen LogP contribution in [0.2, 0.25) is 0 Å². The Morgan fingerprint density at radius 3 is 2.26 bits per heavy atom. The number of hydrogen-bond acceptors (Lipinski definition) is 5. The van der Waals surface area contributed by atoms with Gasteiger partial charge in [-0.15, -0.1) is 0 Å². The molecule has 3 rings (SSSR count). The van der Waals surface area contributed by atoms with Gasteiger partial charge in [0.15, 0.2) is 16.9 Å². The Kier molecular flexibility index (Phi) is 3.93. The minimum atomic E-state index is -0.159. The van der Waals surface area contributed by atoms with Crippen molar-refractivity contribution < 1.29 is 18.6 Å². The Hall–Kier alpha value is -2.95. The highest BCUT2D eigenvalue weighted by atomic mass is 16.5. The minimum absolute atomic E-state index is 0.159. The van der Waals surface area contributed by atoms with Crippen LogP contribution in [0, 0.1) is 0 Å². The fourth-order valence-electron chi connectivity index (χ4n) is 2.48. The van der Waals surface area contributed by atoms with Gasteiger partial charge < -0.3 is 18.6 Å². The van der Waals surface area contributed by atoms with Crippen LogP contribution >= 0.6 is 0 Å². The lowest BCUT2D eigenvalue weighted by atomic mass is 10.1. The smallest absolute Gasteiger partial charge is 0.197 e. The van der Waals surface area contributed by atoms with Gasteiger partial charge in [-0.25, -0.2) is 0 Å². The molecule has 0 spiro atoms. The highest BCUT2D eigenvalue weighted by Gasteiger charge is 2.13. The molecule has 0 atom stereocenters. The maximum Gasteiger partial charge on any atom is 0.197 e. The van der Waals surface area contributed by atoms with Gasteiger partial charge in [-0.2, -0.15) is 0 Å². The maximum absolute atomic E-state index is 12.4. The molecule has 0 fully saturated rings. The van der Waals surface area contributed by atoms with Crippen molar-refractivity contribution in [2.45, 2.75) is 0 Å². The predicted octanol–water partition coefficient (Wildman–Crippen LogP) is 3.49. The van der Waals surface area contributed by atoms with E-state index in [1.165, 1.54) is 13.2 Å². The zero-order chi connectivity index (χ0) is 16.4. The van der Waals surface area contributed by atoms with E-state index >= 15 is 0 Å². The number of ether oxygens (including phenoxy) is 3. The van der Waals surface area contributed by atoms with Gasteiger partial charge in [-0.05, 0) is 30.3 Å². The van der Waals surface area contributed by atoms with Crippen molar-refractivity contribution in [3.8, 4) is 28.6 Å². The summed E-state index contributed by atoms with van der Waals surface area (Å²) in [7, 11) is 4.65. The van der Waals surface area contributed by atoms with Gasteiger partial charge >= 0.3 is 0 Å².